The van der Waals surface area contributed by atoms with Crippen LogP contribution >= 0.6 is 0 Å². The third kappa shape index (κ3) is 5.76. The van der Waals surface area contributed by atoms with Crippen LogP contribution in [-0.2, 0) is 9.47 Å². The molecule has 1 fully saturated rings. The molecule has 0 spiro atoms. The van der Waals surface area contributed by atoms with Crippen LogP contribution in [0.3, 0.4) is 0 Å². The summed E-state index contributed by atoms with van der Waals surface area (Å²) in [6.45, 7) is 7.70. The van der Waals surface area contributed by atoms with E-state index in [4.69, 9.17) is 14.2 Å². The second-order valence-corrected chi connectivity index (χ2v) is 7.28. The summed E-state index contributed by atoms with van der Waals surface area (Å²) >= 11 is 0. The molecule has 7 heteroatoms. The zero-order chi connectivity index (χ0) is 18.4. The summed E-state index contributed by atoms with van der Waals surface area (Å²) in [7, 11) is 0. The van der Waals surface area contributed by atoms with Gasteiger partial charge in [0.1, 0.15) is 11.2 Å². The average molecular weight is 352 g/mol. The fraction of sp³-hybridized carbons (Fsp3) is 0.722. The molecule has 0 radical (unpaired) electrons. The van der Waals surface area contributed by atoms with Crippen molar-refractivity contribution in [2.45, 2.75) is 65.4 Å². The number of esters is 1. The van der Waals surface area contributed by atoms with Crippen molar-refractivity contribution < 1.29 is 23.8 Å². The van der Waals surface area contributed by atoms with E-state index in [1.807, 2.05) is 0 Å². The molecule has 0 aromatic carbocycles. The van der Waals surface area contributed by atoms with Gasteiger partial charge < -0.3 is 14.2 Å². The van der Waals surface area contributed by atoms with Gasteiger partial charge in [0.05, 0.1) is 19.4 Å². The van der Waals surface area contributed by atoms with Crippen LogP contribution in [0.1, 0.15) is 70.2 Å². The number of hydrogen-bond donors (Lipinski definition) is 0. The van der Waals surface area contributed by atoms with Crippen LogP contribution in [0.15, 0.2) is 6.20 Å². The van der Waals surface area contributed by atoms with Crippen molar-refractivity contribution in [3.05, 3.63) is 11.8 Å². The third-order valence-electron chi connectivity index (χ3n) is 4.00. The number of aromatic nitrogens is 2. The lowest BCUT2D eigenvalue weighted by Gasteiger charge is -2.18. The van der Waals surface area contributed by atoms with E-state index in [0.717, 1.165) is 11.1 Å². The number of hydrogen-bond acceptors (Lipinski definition) is 6. The van der Waals surface area contributed by atoms with Crippen LogP contribution in [-0.4, -0.2) is 40.7 Å². The van der Waals surface area contributed by atoms with E-state index in [9.17, 15) is 9.59 Å². The highest BCUT2D eigenvalue weighted by Gasteiger charge is 2.25. The molecule has 140 valence electrons. The molecule has 0 bridgehead atoms. The monoisotopic (exact) mass is 352 g/mol. The van der Waals surface area contributed by atoms with Crippen molar-refractivity contribution in [3.63, 3.8) is 0 Å². The van der Waals surface area contributed by atoms with Gasteiger partial charge in [-0.15, -0.1) is 5.10 Å². The van der Waals surface area contributed by atoms with E-state index in [0.29, 0.717) is 12.5 Å². The molecule has 1 aliphatic carbocycles. The second kappa shape index (κ2) is 8.36. The summed E-state index contributed by atoms with van der Waals surface area (Å²) in [5.74, 6) is 0.217. The first-order valence-electron chi connectivity index (χ1n) is 8.93. The van der Waals surface area contributed by atoms with Gasteiger partial charge in [-0.25, -0.2) is 9.59 Å². The van der Waals surface area contributed by atoms with Gasteiger partial charge >= 0.3 is 12.1 Å². The van der Waals surface area contributed by atoms with E-state index in [2.05, 4.69) is 5.10 Å². The lowest BCUT2D eigenvalue weighted by atomic mass is 10.1. The maximum absolute atomic E-state index is 12.2. The van der Waals surface area contributed by atoms with E-state index < -0.39 is 17.7 Å². The fourth-order valence-corrected chi connectivity index (χ4v) is 2.84. The normalized spacial score (nSPS) is 15.2. The number of ether oxygens (including phenoxy) is 3. The van der Waals surface area contributed by atoms with Gasteiger partial charge in [0, 0.05) is 0 Å². The van der Waals surface area contributed by atoms with Crippen LogP contribution in [0.5, 0.6) is 5.88 Å². The molecule has 0 N–H and O–H groups in total. The van der Waals surface area contributed by atoms with Gasteiger partial charge in [-0.05, 0) is 40.0 Å². The SMILES string of the molecule is CCOC(=O)c1cn(C(=O)OC(C)(C)C)nc1OCCC1CCCC1. The van der Waals surface area contributed by atoms with E-state index in [-0.39, 0.29) is 18.1 Å². The van der Waals surface area contributed by atoms with Crippen molar-refractivity contribution in [2.75, 3.05) is 13.2 Å². The lowest BCUT2D eigenvalue weighted by Crippen LogP contribution is -2.27. The highest BCUT2D eigenvalue weighted by Crippen LogP contribution is 2.28. The van der Waals surface area contributed by atoms with Gasteiger partial charge in [-0.3, -0.25) is 0 Å². The Morgan fingerprint density at radius 2 is 1.96 bits per heavy atom. The average Bonchev–Trinajstić information content (AvgIpc) is 3.15. The highest BCUT2D eigenvalue weighted by atomic mass is 16.6. The van der Waals surface area contributed by atoms with Gasteiger partial charge in [0.2, 0.25) is 5.88 Å². The van der Waals surface area contributed by atoms with Crippen molar-refractivity contribution in [1.82, 2.24) is 9.78 Å². The van der Waals surface area contributed by atoms with Crippen molar-refractivity contribution >= 4 is 12.1 Å². The van der Waals surface area contributed by atoms with Crippen LogP contribution in [0, 0.1) is 5.92 Å². The highest BCUT2D eigenvalue weighted by molar-refractivity contribution is 5.92. The van der Waals surface area contributed by atoms with Crippen molar-refractivity contribution in [2.24, 2.45) is 5.92 Å². The molecule has 2 rings (SSSR count). The van der Waals surface area contributed by atoms with Crippen LogP contribution < -0.4 is 4.74 Å². The van der Waals surface area contributed by atoms with Crippen LogP contribution in [0.2, 0.25) is 0 Å². The Morgan fingerprint density at radius 3 is 2.56 bits per heavy atom. The maximum Gasteiger partial charge on any atom is 0.435 e. The molecular weight excluding hydrogens is 324 g/mol. The number of carbonyl (C=O) groups is 2. The molecule has 1 heterocycles. The molecule has 1 aliphatic rings. The maximum atomic E-state index is 12.2. The molecule has 1 aromatic rings. The molecule has 0 aliphatic heterocycles. The van der Waals surface area contributed by atoms with Crippen molar-refractivity contribution in [3.8, 4) is 5.88 Å². The van der Waals surface area contributed by atoms with Gasteiger partial charge in [-0.1, -0.05) is 25.7 Å². The summed E-state index contributed by atoms with van der Waals surface area (Å²) in [5.41, 5.74) is -0.518. The quantitative estimate of drug-likeness (QED) is 0.725. The first-order valence-corrected chi connectivity index (χ1v) is 8.93. The van der Waals surface area contributed by atoms with Crippen molar-refractivity contribution in [1.29, 1.82) is 0 Å². The molecule has 25 heavy (non-hydrogen) atoms. The molecule has 1 aromatic heterocycles. The molecule has 1 saturated carbocycles. The summed E-state index contributed by atoms with van der Waals surface area (Å²) in [6, 6.07) is 0. The summed E-state index contributed by atoms with van der Waals surface area (Å²) in [6.07, 6.45) is 6.54. The first kappa shape index (κ1) is 19.3. The Labute approximate surface area is 148 Å². The summed E-state index contributed by atoms with van der Waals surface area (Å²) in [4.78, 5) is 24.3. The Morgan fingerprint density at radius 1 is 1.28 bits per heavy atom. The number of nitrogens with zero attached hydrogens (tertiary/aromatic N) is 2. The number of rotatable bonds is 6. The van der Waals surface area contributed by atoms with E-state index in [1.54, 1.807) is 27.7 Å². The summed E-state index contributed by atoms with van der Waals surface area (Å²) < 4.78 is 17.0. The zero-order valence-electron chi connectivity index (χ0n) is 15.5. The third-order valence-corrected chi connectivity index (χ3v) is 4.00. The number of carbonyl (C=O) groups excluding carboxylic acids is 2. The molecular formula is C18H28N2O5. The first-order chi connectivity index (χ1) is 11.8. The molecule has 0 atom stereocenters. The topological polar surface area (TPSA) is 79.7 Å². The van der Waals surface area contributed by atoms with Gasteiger partial charge in [-0.2, -0.15) is 4.68 Å². The molecule has 0 unspecified atom stereocenters. The van der Waals surface area contributed by atoms with E-state index in [1.165, 1.54) is 31.9 Å². The zero-order valence-corrected chi connectivity index (χ0v) is 15.5. The van der Waals surface area contributed by atoms with Crippen LogP contribution in [0.25, 0.3) is 0 Å². The van der Waals surface area contributed by atoms with Gasteiger partial charge in [0.25, 0.3) is 0 Å². The fourth-order valence-electron chi connectivity index (χ4n) is 2.84. The minimum Gasteiger partial charge on any atom is -0.476 e. The van der Waals surface area contributed by atoms with Gasteiger partial charge in [0.15, 0.2) is 0 Å². The summed E-state index contributed by atoms with van der Waals surface area (Å²) in [5, 5.41) is 4.08. The molecule has 0 amide bonds. The predicted octanol–water partition coefficient (Wildman–Crippen LogP) is 3.80. The Hall–Kier alpha value is -2.05. The predicted molar refractivity (Wildman–Crippen MR) is 91.9 cm³/mol. The molecule has 7 nitrogen and oxygen atoms in total. The Balaban J connectivity index is 2.08. The van der Waals surface area contributed by atoms with Crippen LogP contribution in [0.4, 0.5) is 4.79 Å². The minimum atomic E-state index is -0.663. The van der Waals surface area contributed by atoms with E-state index >= 15 is 0 Å². The Bertz CT molecular complexity index is 597. The second-order valence-electron chi connectivity index (χ2n) is 7.28. The Kier molecular flexibility index (Phi) is 6.45. The largest absolute Gasteiger partial charge is 0.476 e. The standard InChI is InChI=1S/C18H28N2O5/c1-5-23-16(21)14-12-20(17(22)25-18(2,3)4)19-15(14)24-11-10-13-8-6-7-9-13/h12-13H,5-11H2,1-4H3. The smallest absolute Gasteiger partial charge is 0.435 e. The minimum absolute atomic E-state index is 0.113. The lowest BCUT2D eigenvalue weighted by molar-refractivity contribution is 0.0511. The molecule has 0 saturated heterocycles.